The van der Waals surface area contributed by atoms with Crippen LogP contribution >= 0.6 is 0 Å². The van der Waals surface area contributed by atoms with Gasteiger partial charge < -0.3 is 15.5 Å². The zero-order chi connectivity index (χ0) is 11.9. The van der Waals surface area contributed by atoms with Gasteiger partial charge in [-0.3, -0.25) is 0 Å². The summed E-state index contributed by atoms with van der Waals surface area (Å²) >= 11 is 0. The molecule has 4 heteroatoms. The highest BCUT2D eigenvalue weighted by molar-refractivity contribution is 5.51. The van der Waals surface area contributed by atoms with E-state index in [-0.39, 0.29) is 0 Å². The van der Waals surface area contributed by atoms with Gasteiger partial charge in [0.05, 0.1) is 0 Å². The largest absolute Gasteiger partial charge is 0.384 e. The summed E-state index contributed by atoms with van der Waals surface area (Å²) in [6.07, 6.45) is 5.95. The summed E-state index contributed by atoms with van der Waals surface area (Å²) in [6, 6.07) is 4.05. The molecule has 0 bridgehead atoms. The van der Waals surface area contributed by atoms with E-state index in [1.165, 1.54) is 32.4 Å². The predicted molar refractivity (Wildman–Crippen MR) is 72.6 cm³/mol. The van der Waals surface area contributed by atoms with Gasteiger partial charge in [-0.25, -0.2) is 4.98 Å². The topological polar surface area (TPSA) is 40.2 Å². The molecule has 0 amide bonds. The normalized spacial score (nSPS) is 16.8. The molecule has 0 atom stereocenters. The number of aromatic nitrogens is 1. The fourth-order valence-corrected chi connectivity index (χ4v) is 2.22. The smallest absolute Gasteiger partial charge is 0.127 e. The second-order valence-electron chi connectivity index (χ2n) is 4.51. The van der Waals surface area contributed by atoms with Crippen molar-refractivity contribution >= 4 is 11.5 Å². The summed E-state index contributed by atoms with van der Waals surface area (Å²) in [5, 5.41) is 6.49. The molecule has 2 heterocycles. The first-order valence-electron chi connectivity index (χ1n) is 6.48. The van der Waals surface area contributed by atoms with Crippen molar-refractivity contribution in [1.82, 2.24) is 9.88 Å². The second-order valence-corrected chi connectivity index (χ2v) is 4.51. The van der Waals surface area contributed by atoms with Crippen molar-refractivity contribution in [2.75, 3.05) is 43.9 Å². The van der Waals surface area contributed by atoms with Gasteiger partial charge in [0.2, 0.25) is 0 Å². The third-order valence-electron chi connectivity index (χ3n) is 3.22. The first kappa shape index (κ1) is 12.2. The van der Waals surface area contributed by atoms with Crippen molar-refractivity contribution in [3.63, 3.8) is 0 Å². The van der Waals surface area contributed by atoms with Gasteiger partial charge in [0.1, 0.15) is 5.82 Å². The van der Waals surface area contributed by atoms with Gasteiger partial charge in [0.25, 0.3) is 0 Å². The summed E-state index contributed by atoms with van der Waals surface area (Å²) in [5.41, 5.74) is 1.14. The maximum Gasteiger partial charge on any atom is 0.127 e. The molecule has 17 heavy (non-hydrogen) atoms. The SMILES string of the molecule is CNc1cc(NCCN2CCCCC2)ccn1. The fourth-order valence-electron chi connectivity index (χ4n) is 2.22. The average Bonchev–Trinajstić information content (AvgIpc) is 2.40. The fraction of sp³-hybridized carbons (Fsp3) is 0.615. The molecule has 94 valence electrons. The molecular weight excluding hydrogens is 212 g/mol. The Labute approximate surface area is 103 Å². The molecule has 1 aromatic heterocycles. The molecule has 1 aromatic rings. The molecule has 0 unspecified atom stereocenters. The van der Waals surface area contributed by atoms with Gasteiger partial charge in [0, 0.05) is 38.1 Å². The summed E-state index contributed by atoms with van der Waals surface area (Å²) in [6.45, 7) is 4.67. The lowest BCUT2D eigenvalue weighted by atomic mass is 10.1. The first-order chi connectivity index (χ1) is 8.38. The molecule has 1 saturated heterocycles. The maximum absolute atomic E-state index is 4.19. The number of hydrogen-bond acceptors (Lipinski definition) is 4. The van der Waals surface area contributed by atoms with Gasteiger partial charge in [0.15, 0.2) is 0 Å². The molecule has 1 aliphatic heterocycles. The van der Waals surface area contributed by atoms with Crippen LogP contribution in [0.15, 0.2) is 18.3 Å². The summed E-state index contributed by atoms with van der Waals surface area (Å²) in [4.78, 5) is 6.73. The highest BCUT2D eigenvalue weighted by Gasteiger charge is 2.08. The average molecular weight is 234 g/mol. The van der Waals surface area contributed by atoms with E-state index in [2.05, 4.69) is 20.5 Å². The Kier molecular flexibility index (Phi) is 4.62. The van der Waals surface area contributed by atoms with Crippen LogP contribution in [-0.2, 0) is 0 Å². The highest BCUT2D eigenvalue weighted by atomic mass is 15.1. The predicted octanol–water partition coefficient (Wildman–Crippen LogP) is 2.02. The molecule has 0 aromatic carbocycles. The van der Waals surface area contributed by atoms with Crippen molar-refractivity contribution < 1.29 is 0 Å². The van der Waals surface area contributed by atoms with Crippen molar-refractivity contribution in [2.24, 2.45) is 0 Å². The van der Waals surface area contributed by atoms with Crippen molar-refractivity contribution in [1.29, 1.82) is 0 Å². The Bertz CT molecular complexity index is 334. The molecule has 0 saturated carbocycles. The molecule has 1 aliphatic rings. The number of nitrogens with zero attached hydrogens (tertiary/aromatic N) is 2. The van der Waals surface area contributed by atoms with Crippen LogP contribution < -0.4 is 10.6 Å². The number of piperidine rings is 1. The van der Waals surface area contributed by atoms with E-state index in [0.717, 1.165) is 24.6 Å². The number of likely N-dealkylation sites (tertiary alicyclic amines) is 1. The third kappa shape index (κ3) is 3.89. The molecule has 2 N–H and O–H groups in total. The minimum Gasteiger partial charge on any atom is -0.384 e. The lowest BCUT2D eigenvalue weighted by Crippen LogP contribution is -2.33. The van der Waals surface area contributed by atoms with E-state index >= 15 is 0 Å². The standard InChI is InChI=1S/C13H22N4/c1-14-13-11-12(5-6-16-13)15-7-10-17-8-3-2-4-9-17/h5-6,11H,2-4,7-10H2,1H3,(H2,14,15,16). The van der Waals surface area contributed by atoms with Crippen molar-refractivity contribution in [3.05, 3.63) is 18.3 Å². The monoisotopic (exact) mass is 234 g/mol. The lowest BCUT2D eigenvalue weighted by molar-refractivity contribution is 0.237. The summed E-state index contributed by atoms with van der Waals surface area (Å²) < 4.78 is 0. The Morgan fingerprint density at radius 3 is 2.88 bits per heavy atom. The number of anilines is 2. The Morgan fingerprint density at radius 2 is 2.12 bits per heavy atom. The molecule has 4 nitrogen and oxygen atoms in total. The van der Waals surface area contributed by atoms with Crippen LogP contribution in [0.1, 0.15) is 19.3 Å². The van der Waals surface area contributed by atoms with E-state index in [1.54, 1.807) is 0 Å². The quantitative estimate of drug-likeness (QED) is 0.818. The van der Waals surface area contributed by atoms with E-state index in [9.17, 15) is 0 Å². The van der Waals surface area contributed by atoms with Gasteiger partial charge in [-0.1, -0.05) is 6.42 Å². The zero-order valence-electron chi connectivity index (χ0n) is 10.6. The number of hydrogen-bond donors (Lipinski definition) is 2. The van der Waals surface area contributed by atoms with Crippen LogP contribution in [0.2, 0.25) is 0 Å². The van der Waals surface area contributed by atoms with Crippen LogP contribution in [0, 0.1) is 0 Å². The zero-order valence-corrected chi connectivity index (χ0v) is 10.6. The highest BCUT2D eigenvalue weighted by Crippen LogP contribution is 2.11. The van der Waals surface area contributed by atoms with E-state index < -0.39 is 0 Å². The van der Waals surface area contributed by atoms with Crippen LogP contribution in [0.4, 0.5) is 11.5 Å². The molecule has 0 aliphatic carbocycles. The molecule has 0 spiro atoms. The van der Waals surface area contributed by atoms with E-state index in [4.69, 9.17) is 0 Å². The maximum atomic E-state index is 4.19. The molecule has 0 radical (unpaired) electrons. The first-order valence-corrected chi connectivity index (χ1v) is 6.48. The molecular formula is C13H22N4. The van der Waals surface area contributed by atoms with Gasteiger partial charge in [-0.05, 0) is 32.0 Å². The Balaban J connectivity index is 1.73. The van der Waals surface area contributed by atoms with E-state index in [0.29, 0.717) is 0 Å². The summed E-state index contributed by atoms with van der Waals surface area (Å²) in [5.74, 6) is 0.910. The van der Waals surface area contributed by atoms with Crippen LogP contribution in [0.5, 0.6) is 0 Å². The van der Waals surface area contributed by atoms with Crippen molar-refractivity contribution in [3.8, 4) is 0 Å². The number of rotatable bonds is 5. The summed E-state index contributed by atoms with van der Waals surface area (Å²) in [7, 11) is 1.89. The van der Waals surface area contributed by atoms with Crippen LogP contribution in [0.3, 0.4) is 0 Å². The molecule has 2 rings (SSSR count). The lowest BCUT2D eigenvalue weighted by Gasteiger charge is -2.26. The Hall–Kier alpha value is -1.29. The second kappa shape index (κ2) is 6.45. The van der Waals surface area contributed by atoms with Gasteiger partial charge in [-0.2, -0.15) is 0 Å². The van der Waals surface area contributed by atoms with Crippen LogP contribution in [-0.4, -0.2) is 43.1 Å². The minimum atomic E-state index is 0.910. The molecule has 1 fully saturated rings. The number of nitrogens with one attached hydrogen (secondary N) is 2. The Morgan fingerprint density at radius 1 is 1.29 bits per heavy atom. The third-order valence-corrected chi connectivity index (χ3v) is 3.22. The van der Waals surface area contributed by atoms with Gasteiger partial charge >= 0.3 is 0 Å². The van der Waals surface area contributed by atoms with E-state index in [1.807, 2.05) is 25.4 Å². The minimum absolute atomic E-state index is 0.910. The van der Waals surface area contributed by atoms with Crippen LogP contribution in [0.25, 0.3) is 0 Å². The van der Waals surface area contributed by atoms with Gasteiger partial charge in [-0.15, -0.1) is 0 Å². The number of pyridine rings is 1. The van der Waals surface area contributed by atoms with Crippen molar-refractivity contribution in [2.45, 2.75) is 19.3 Å².